The molecule has 2 N–H and O–H groups in total. The average molecular weight is 238 g/mol. The number of fused-ring (bicyclic) bond motifs is 1. The van der Waals surface area contributed by atoms with Crippen molar-refractivity contribution in [2.75, 3.05) is 0 Å². The molecule has 0 saturated carbocycles. The minimum Gasteiger partial charge on any atom is -0.345 e. The standard InChI is InChI=1S/C14H14N4/c1-9-5-12-13(6-10(9)2)18-14(17-12)4-3-11-7-15-8-16-11/h3-8H,1-2H3,(H,15,16)(H,17,18)/b4-3+. The summed E-state index contributed by atoms with van der Waals surface area (Å²) in [6, 6.07) is 4.24. The first kappa shape index (κ1) is 10.8. The second kappa shape index (κ2) is 4.14. The fourth-order valence-corrected chi connectivity index (χ4v) is 1.89. The summed E-state index contributed by atoms with van der Waals surface area (Å²) in [5.74, 6) is 0.851. The van der Waals surface area contributed by atoms with Gasteiger partial charge in [0.1, 0.15) is 5.82 Å². The van der Waals surface area contributed by atoms with Gasteiger partial charge in [-0.2, -0.15) is 0 Å². The quantitative estimate of drug-likeness (QED) is 0.720. The van der Waals surface area contributed by atoms with E-state index in [9.17, 15) is 0 Å². The minimum absolute atomic E-state index is 0.851. The lowest BCUT2D eigenvalue weighted by atomic mass is 10.1. The third-order valence-electron chi connectivity index (χ3n) is 3.06. The molecule has 2 heterocycles. The monoisotopic (exact) mass is 238 g/mol. The molecule has 18 heavy (non-hydrogen) atoms. The van der Waals surface area contributed by atoms with Crippen molar-refractivity contribution in [2.45, 2.75) is 13.8 Å². The Kier molecular flexibility index (Phi) is 2.48. The Balaban J connectivity index is 1.98. The van der Waals surface area contributed by atoms with Crippen LogP contribution in [-0.2, 0) is 0 Å². The van der Waals surface area contributed by atoms with Crippen LogP contribution >= 0.6 is 0 Å². The summed E-state index contributed by atoms with van der Waals surface area (Å²) < 4.78 is 0. The first-order chi connectivity index (χ1) is 8.72. The normalized spacial score (nSPS) is 11.7. The molecule has 3 rings (SSSR count). The third-order valence-corrected chi connectivity index (χ3v) is 3.06. The summed E-state index contributed by atoms with van der Waals surface area (Å²) in [5.41, 5.74) is 5.57. The molecule has 0 aliphatic rings. The molecule has 3 aromatic rings. The highest BCUT2D eigenvalue weighted by molar-refractivity contribution is 5.80. The SMILES string of the molecule is Cc1cc2nc(/C=C/c3cnc[nH]3)[nH]c2cc1C. The van der Waals surface area contributed by atoms with E-state index in [0.717, 1.165) is 22.6 Å². The Morgan fingerprint density at radius 2 is 1.94 bits per heavy atom. The van der Waals surface area contributed by atoms with Gasteiger partial charge in [0.15, 0.2) is 0 Å². The number of hydrogen-bond acceptors (Lipinski definition) is 2. The molecular formula is C14H14N4. The van der Waals surface area contributed by atoms with Gasteiger partial charge >= 0.3 is 0 Å². The van der Waals surface area contributed by atoms with Crippen LogP contribution < -0.4 is 0 Å². The van der Waals surface area contributed by atoms with Crippen LogP contribution in [0.1, 0.15) is 22.6 Å². The number of hydrogen-bond donors (Lipinski definition) is 2. The van der Waals surface area contributed by atoms with Gasteiger partial charge in [-0.3, -0.25) is 0 Å². The van der Waals surface area contributed by atoms with Gasteiger partial charge in [0.2, 0.25) is 0 Å². The highest BCUT2D eigenvalue weighted by Gasteiger charge is 2.02. The molecule has 0 aliphatic heterocycles. The predicted octanol–water partition coefficient (Wildman–Crippen LogP) is 3.07. The topological polar surface area (TPSA) is 57.4 Å². The van der Waals surface area contributed by atoms with Crippen LogP contribution in [0.15, 0.2) is 24.7 Å². The molecule has 4 heteroatoms. The van der Waals surface area contributed by atoms with E-state index in [1.807, 2.05) is 12.2 Å². The van der Waals surface area contributed by atoms with Crippen LogP contribution in [0.25, 0.3) is 23.2 Å². The molecule has 1 aromatic carbocycles. The highest BCUT2D eigenvalue weighted by atomic mass is 14.9. The zero-order valence-electron chi connectivity index (χ0n) is 10.4. The van der Waals surface area contributed by atoms with E-state index in [0.29, 0.717) is 0 Å². The zero-order valence-corrected chi connectivity index (χ0v) is 10.4. The lowest BCUT2D eigenvalue weighted by Gasteiger charge is -1.97. The van der Waals surface area contributed by atoms with Crippen molar-refractivity contribution in [1.82, 2.24) is 19.9 Å². The number of aryl methyl sites for hydroxylation is 2. The van der Waals surface area contributed by atoms with Gasteiger partial charge in [-0.05, 0) is 49.3 Å². The average Bonchev–Trinajstić information content (AvgIpc) is 2.96. The zero-order chi connectivity index (χ0) is 12.5. The summed E-state index contributed by atoms with van der Waals surface area (Å²) in [7, 11) is 0. The molecule has 0 unspecified atom stereocenters. The van der Waals surface area contributed by atoms with Crippen molar-refractivity contribution < 1.29 is 0 Å². The number of nitrogens with one attached hydrogen (secondary N) is 2. The van der Waals surface area contributed by atoms with Crippen molar-refractivity contribution in [2.24, 2.45) is 0 Å². The predicted molar refractivity (Wildman–Crippen MR) is 73.1 cm³/mol. The second-order valence-electron chi connectivity index (χ2n) is 4.42. The van der Waals surface area contributed by atoms with E-state index >= 15 is 0 Å². The first-order valence-electron chi connectivity index (χ1n) is 5.86. The third kappa shape index (κ3) is 1.93. The number of aromatic amines is 2. The van der Waals surface area contributed by atoms with E-state index in [4.69, 9.17) is 0 Å². The van der Waals surface area contributed by atoms with Crippen molar-refractivity contribution in [3.8, 4) is 0 Å². The van der Waals surface area contributed by atoms with Gasteiger partial charge in [0, 0.05) is 0 Å². The van der Waals surface area contributed by atoms with E-state index < -0.39 is 0 Å². The lowest BCUT2D eigenvalue weighted by Crippen LogP contribution is -1.79. The summed E-state index contributed by atoms with van der Waals surface area (Å²) in [6.45, 7) is 4.21. The van der Waals surface area contributed by atoms with Crippen molar-refractivity contribution >= 4 is 23.2 Å². The van der Waals surface area contributed by atoms with Gasteiger partial charge < -0.3 is 9.97 Å². The van der Waals surface area contributed by atoms with Gasteiger partial charge in [-0.1, -0.05) is 0 Å². The maximum absolute atomic E-state index is 4.54. The maximum Gasteiger partial charge on any atom is 0.131 e. The minimum atomic E-state index is 0.851. The number of nitrogens with zero attached hydrogens (tertiary/aromatic N) is 2. The molecule has 4 nitrogen and oxygen atoms in total. The summed E-state index contributed by atoms with van der Waals surface area (Å²) in [6.07, 6.45) is 7.32. The van der Waals surface area contributed by atoms with Crippen LogP contribution in [-0.4, -0.2) is 19.9 Å². The molecule has 0 spiro atoms. The molecule has 0 bridgehead atoms. The molecule has 0 fully saturated rings. The Morgan fingerprint density at radius 1 is 1.11 bits per heavy atom. The second-order valence-corrected chi connectivity index (χ2v) is 4.42. The van der Waals surface area contributed by atoms with Gasteiger partial charge in [-0.15, -0.1) is 0 Å². The molecule has 0 amide bonds. The van der Waals surface area contributed by atoms with Crippen molar-refractivity contribution in [3.63, 3.8) is 0 Å². The molecule has 90 valence electrons. The van der Waals surface area contributed by atoms with Crippen LogP contribution in [0.3, 0.4) is 0 Å². The molecule has 0 aliphatic carbocycles. The summed E-state index contributed by atoms with van der Waals surface area (Å²) in [5, 5.41) is 0. The fraction of sp³-hybridized carbons (Fsp3) is 0.143. The van der Waals surface area contributed by atoms with Gasteiger partial charge in [0.05, 0.1) is 29.3 Å². The van der Waals surface area contributed by atoms with Crippen LogP contribution in [0.4, 0.5) is 0 Å². The Labute approximate surface area is 105 Å². The Morgan fingerprint density at radius 3 is 2.72 bits per heavy atom. The number of imidazole rings is 2. The molecule has 2 aromatic heterocycles. The number of aromatic nitrogens is 4. The maximum atomic E-state index is 4.54. The number of benzene rings is 1. The molecule has 0 atom stereocenters. The van der Waals surface area contributed by atoms with Crippen molar-refractivity contribution in [3.05, 3.63) is 47.3 Å². The molecule has 0 saturated heterocycles. The summed E-state index contributed by atoms with van der Waals surface area (Å²) >= 11 is 0. The van der Waals surface area contributed by atoms with E-state index in [1.165, 1.54) is 11.1 Å². The lowest BCUT2D eigenvalue weighted by molar-refractivity contribution is 1.29. The van der Waals surface area contributed by atoms with Gasteiger partial charge in [-0.25, -0.2) is 9.97 Å². The van der Waals surface area contributed by atoms with Crippen LogP contribution in [0.2, 0.25) is 0 Å². The van der Waals surface area contributed by atoms with Gasteiger partial charge in [0.25, 0.3) is 0 Å². The number of rotatable bonds is 2. The summed E-state index contributed by atoms with van der Waals surface area (Å²) in [4.78, 5) is 14.8. The Bertz CT molecular complexity index is 666. The van der Waals surface area contributed by atoms with Crippen LogP contribution in [0.5, 0.6) is 0 Å². The first-order valence-corrected chi connectivity index (χ1v) is 5.86. The van der Waals surface area contributed by atoms with E-state index in [-0.39, 0.29) is 0 Å². The molecule has 0 radical (unpaired) electrons. The van der Waals surface area contributed by atoms with Crippen LogP contribution in [0, 0.1) is 13.8 Å². The Hall–Kier alpha value is -2.36. The highest BCUT2D eigenvalue weighted by Crippen LogP contribution is 2.18. The smallest absolute Gasteiger partial charge is 0.131 e. The van der Waals surface area contributed by atoms with Crippen molar-refractivity contribution in [1.29, 1.82) is 0 Å². The molecular weight excluding hydrogens is 224 g/mol. The van der Waals surface area contributed by atoms with E-state index in [1.54, 1.807) is 12.5 Å². The number of H-pyrrole nitrogens is 2. The van der Waals surface area contributed by atoms with E-state index in [2.05, 4.69) is 45.9 Å². The fourth-order valence-electron chi connectivity index (χ4n) is 1.89. The largest absolute Gasteiger partial charge is 0.345 e.